The fourth-order valence-electron chi connectivity index (χ4n) is 4.16. The zero-order valence-corrected chi connectivity index (χ0v) is 18.8. The predicted molar refractivity (Wildman–Crippen MR) is 124 cm³/mol. The van der Waals surface area contributed by atoms with Crippen molar-refractivity contribution >= 4 is 11.6 Å². The third-order valence-corrected chi connectivity index (χ3v) is 6.00. The summed E-state index contributed by atoms with van der Waals surface area (Å²) in [4.78, 5) is 14.0. The largest absolute Gasteiger partial charge is 0.354 e. The maximum atomic E-state index is 4.88. The molecule has 0 amide bonds. The number of nitrogens with zero attached hydrogens (tertiary/aromatic N) is 4. The quantitative estimate of drug-likeness (QED) is 0.697. The maximum Gasteiger partial charge on any atom is 0.223 e. The monoisotopic (exact) mass is 403 g/mol. The van der Waals surface area contributed by atoms with Crippen molar-refractivity contribution in [3.05, 3.63) is 71.4 Å². The Morgan fingerprint density at radius 3 is 2.73 bits per heavy atom. The molecule has 1 N–H and O–H groups in total. The number of likely N-dealkylation sites (N-methyl/N-ethyl adjacent to an activating group) is 1. The van der Waals surface area contributed by atoms with Crippen LogP contribution in [0.1, 0.15) is 52.7 Å². The molecule has 4 rings (SSSR count). The van der Waals surface area contributed by atoms with E-state index in [1.807, 2.05) is 12.3 Å². The molecule has 1 aliphatic carbocycles. The second-order valence-corrected chi connectivity index (χ2v) is 8.92. The summed E-state index contributed by atoms with van der Waals surface area (Å²) in [5.74, 6) is 0.687. The van der Waals surface area contributed by atoms with E-state index in [4.69, 9.17) is 4.98 Å². The summed E-state index contributed by atoms with van der Waals surface area (Å²) in [6.07, 6.45) is 18.9. The van der Waals surface area contributed by atoms with Crippen molar-refractivity contribution in [2.75, 3.05) is 18.9 Å². The Kier molecular flexibility index (Phi) is 5.54. The van der Waals surface area contributed by atoms with E-state index in [0.717, 1.165) is 37.2 Å². The summed E-state index contributed by atoms with van der Waals surface area (Å²) in [6.45, 7) is 9.78. The molecule has 1 unspecified atom stereocenters. The molecule has 3 aliphatic rings. The van der Waals surface area contributed by atoms with Gasteiger partial charge in [-0.3, -0.25) is 0 Å². The molecule has 0 saturated heterocycles. The first-order valence-corrected chi connectivity index (χ1v) is 11.0. The minimum atomic E-state index is 0.168. The summed E-state index contributed by atoms with van der Waals surface area (Å²) in [6, 6.07) is 2.02. The molecule has 0 saturated carbocycles. The van der Waals surface area contributed by atoms with Gasteiger partial charge in [-0.15, -0.1) is 0 Å². The first-order chi connectivity index (χ1) is 14.4. The average molecular weight is 404 g/mol. The van der Waals surface area contributed by atoms with Gasteiger partial charge >= 0.3 is 0 Å². The van der Waals surface area contributed by atoms with Gasteiger partial charge in [0.15, 0.2) is 0 Å². The SMILES string of the molecule is CCCNc1nccc(C2=C(C3=CCC(C)(C)C=C3)N(C)C3C=C(CC)C=CN23)n1. The summed E-state index contributed by atoms with van der Waals surface area (Å²) < 4.78 is 0. The van der Waals surface area contributed by atoms with Crippen molar-refractivity contribution in [3.63, 3.8) is 0 Å². The van der Waals surface area contributed by atoms with Gasteiger partial charge in [0.05, 0.1) is 17.1 Å². The minimum absolute atomic E-state index is 0.168. The second kappa shape index (κ2) is 8.13. The van der Waals surface area contributed by atoms with Crippen LogP contribution in [0.4, 0.5) is 5.95 Å². The van der Waals surface area contributed by atoms with E-state index in [2.05, 4.69) is 91.4 Å². The van der Waals surface area contributed by atoms with Crippen LogP contribution in [0.25, 0.3) is 5.70 Å². The lowest BCUT2D eigenvalue weighted by Gasteiger charge is -2.31. The molecular weight excluding hydrogens is 370 g/mol. The summed E-state index contributed by atoms with van der Waals surface area (Å²) >= 11 is 0. The molecule has 5 heteroatoms. The molecule has 0 bridgehead atoms. The van der Waals surface area contributed by atoms with Crippen LogP contribution in [0.3, 0.4) is 0 Å². The predicted octanol–water partition coefficient (Wildman–Crippen LogP) is 5.32. The number of aromatic nitrogens is 2. The molecule has 1 aromatic rings. The van der Waals surface area contributed by atoms with Crippen LogP contribution in [-0.2, 0) is 0 Å². The van der Waals surface area contributed by atoms with E-state index in [1.165, 1.54) is 16.8 Å². The molecule has 30 heavy (non-hydrogen) atoms. The lowest BCUT2D eigenvalue weighted by Crippen LogP contribution is -2.35. The van der Waals surface area contributed by atoms with Gasteiger partial charge in [0.1, 0.15) is 6.17 Å². The van der Waals surface area contributed by atoms with Gasteiger partial charge in [-0.2, -0.15) is 0 Å². The van der Waals surface area contributed by atoms with E-state index in [9.17, 15) is 0 Å². The van der Waals surface area contributed by atoms with Crippen molar-refractivity contribution < 1.29 is 0 Å². The van der Waals surface area contributed by atoms with Crippen molar-refractivity contribution in [2.24, 2.45) is 5.41 Å². The fraction of sp³-hybridized carbons (Fsp3) is 0.440. The molecule has 0 radical (unpaired) electrons. The van der Waals surface area contributed by atoms with E-state index in [-0.39, 0.29) is 11.6 Å². The fourth-order valence-corrected chi connectivity index (χ4v) is 4.16. The average Bonchev–Trinajstić information content (AvgIpc) is 3.04. The number of hydrogen-bond acceptors (Lipinski definition) is 5. The van der Waals surface area contributed by atoms with Crippen LogP contribution >= 0.6 is 0 Å². The van der Waals surface area contributed by atoms with Crippen molar-refractivity contribution in [2.45, 2.75) is 53.1 Å². The molecular formula is C25H33N5. The van der Waals surface area contributed by atoms with Crippen LogP contribution in [0, 0.1) is 5.41 Å². The highest BCUT2D eigenvalue weighted by Crippen LogP contribution is 2.43. The Labute approximate surface area is 180 Å². The third kappa shape index (κ3) is 3.81. The third-order valence-electron chi connectivity index (χ3n) is 6.00. The van der Waals surface area contributed by atoms with Gasteiger partial charge in [0.25, 0.3) is 0 Å². The van der Waals surface area contributed by atoms with E-state index in [1.54, 1.807) is 0 Å². The highest BCUT2D eigenvalue weighted by Gasteiger charge is 2.38. The molecule has 3 heterocycles. The molecule has 0 aromatic carbocycles. The smallest absolute Gasteiger partial charge is 0.223 e. The maximum absolute atomic E-state index is 4.88. The molecule has 0 spiro atoms. The Morgan fingerprint density at radius 2 is 2.03 bits per heavy atom. The normalized spacial score (nSPS) is 22.2. The Balaban J connectivity index is 1.81. The molecule has 1 aromatic heterocycles. The lowest BCUT2D eigenvalue weighted by molar-refractivity contribution is 0.269. The van der Waals surface area contributed by atoms with Crippen LogP contribution in [0.5, 0.6) is 0 Å². The minimum Gasteiger partial charge on any atom is -0.354 e. The number of fused-ring (bicyclic) bond motifs is 1. The van der Waals surface area contributed by atoms with Crippen LogP contribution < -0.4 is 5.32 Å². The number of anilines is 1. The standard InChI is InChI=1S/C25H33N5/c1-6-14-26-24-27-15-10-20(28-24)23-22(19-8-12-25(3,4)13-9-19)29(5)21-17-18(7-2)11-16-30(21)23/h8-12,15-17,21H,6-7,13-14H2,1-5H3,(H,26,27,28). The van der Waals surface area contributed by atoms with Gasteiger partial charge in [-0.1, -0.05) is 45.9 Å². The molecule has 5 nitrogen and oxygen atoms in total. The van der Waals surface area contributed by atoms with Crippen LogP contribution in [0.15, 0.2) is 65.7 Å². The van der Waals surface area contributed by atoms with Gasteiger partial charge < -0.3 is 15.1 Å². The highest BCUT2D eigenvalue weighted by atomic mass is 15.4. The molecule has 1 atom stereocenters. The van der Waals surface area contributed by atoms with E-state index < -0.39 is 0 Å². The Morgan fingerprint density at radius 1 is 1.20 bits per heavy atom. The number of hydrogen-bond donors (Lipinski definition) is 1. The highest BCUT2D eigenvalue weighted by molar-refractivity contribution is 5.74. The van der Waals surface area contributed by atoms with Crippen molar-refractivity contribution in [3.8, 4) is 0 Å². The number of rotatable bonds is 6. The molecule has 158 valence electrons. The summed E-state index contributed by atoms with van der Waals surface area (Å²) in [7, 11) is 2.19. The van der Waals surface area contributed by atoms with Crippen LogP contribution in [-0.4, -0.2) is 39.5 Å². The summed E-state index contributed by atoms with van der Waals surface area (Å²) in [5.41, 5.74) is 6.15. The van der Waals surface area contributed by atoms with Crippen LogP contribution in [0.2, 0.25) is 0 Å². The lowest BCUT2D eigenvalue weighted by atomic mass is 9.83. The zero-order chi connectivity index (χ0) is 21.3. The second-order valence-electron chi connectivity index (χ2n) is 8.92. The van der Waals surface area contributed by atoms with Gasteiger partial charge in [0, 0.05) is 26.0 Å². The Hall–Kier alpha value is -2.82. The van der Waals surface area contributed by atoms with Gasteiger partial charge in [-0.25, -0.2) is 9.97 Å². The first kappa shape index (κ1) is 20.5. The topological polar surface area (TPSA) is 44.3 Å². The molecule has 2 aliphatic heterocycles. The van der Waals surface area contributed by atoms with Gasteiger partial charge in [-0.05, 0) is 54.0 Å². The first-order valence-electron chi connectivity index (χ1n) is 11.0. The number of nitrogens with one attached hydrogen (secondary N) is 1. The Bertz CT molecular complexity index is 964. The number of allylic oxidation sites excluding steroid dienone is 5. The van der Waals surface area contributed by atoms with Crippen molar-refractivity contribution in [1.82, 2.24) is 19.8 Å². The van der Waals surface area contributed by atoms with Crippen molar-refractivity contribution in [1.29, 1.82) is 0 Å². The van der Waals surface area contributed by atoms with Gasteiger partial charge in [0.2, 0.25) is 5.95 Å². The van der Waals surface area contributed by atoms with E-state index in [0.29, 0.717) is 5.95 Å². The molecule has 0 fully saturated rings. The zero-order valence-electron chi connectivity index (χ0n) is 18.8. The van der Waals surface area contributed by atoms with E-state index >= 15 is 0 Å². The summed E-state index contributed by atoms with van der Waals surface area (Å²) in [5, 5.41) is 3.33.